The van der Waals surface area contributed by atoms with Crippen molar-refractivity contribution in [1.29, 1.82) is 5.26 Å². The fourth-order valence-corrected chi connectivity index (χ4v) is 1.92. The summed E-state index contributed by atoms with van der Waals surface area (Å²) in [7, 11) is 0. The van der Waals surface area contributed by atoms with Crippen molar-refractivity contribution < 1.29 is 4.39 Å². The fraction of sp³-hybridized carbons (Fsp3) is 0. The zero-order valence-electron chi connectivity index (χ0n) is 8.55. The Balaban J connectivity index is 2.62. The van der Waals surface area contributed by atoms with Crippen LogP contribution in [0.15, 0.2) is 36.4 Å². The van der Waals surface area contributed by atoms with Crippen molar-refractivity contribution in [3.8, 4) is 17.2 Å². The Morgan fingerprint density at radius 1 is 1.06 bits per heavy atom. The molecule has 0 radical (unpaired) electrons. The minimum absolute atomic E-state index is 0.268. The average molecular weight is 266 g/mol. The molecule has 0 fully saturated rings. The van der Waals surface area contributed by atoms with Crippen molar-refractivity contribution >= 4 is 23.2 Å². The summed E-state index contributed by atoms with van der Waals surface area (Å²) in [6.07, 6.45) is 0. The summed E-state index contributed by atoms with van der Waals surface area (Å²) < 4.78 is 13.8. The number of rotatable bonds is 1. The second-order valence-corrected chi connectivity index (χ2v) is 4.19. The first-order chi connectivity index (χ1) is 8.13. The third-order valence-corrected chi connectivity index (χ3v) is 3.16. The first-order valence-corrected chi connectivity index (χ1v) is 5.53. The van der Waals surface area contributed by atoms with Crippen molar-refractivity contribution in [3.05, 3.63) is 57.8 Å². The molecule has 0 aromatic heterocycles. The molecule has 1 nitrogen and oxygen atoms in total. The van der Waals surface area contributed by atoms with E-state index in [9.17, 15) is 4.39 Å². The van der Waals surface area contributed by atoms with Crippen LogP contribution in [0.1, 0.15) is 5.56 Å². The van der Waals surface area contributed by atoms with Gasteiger partial charge in [-0.1, -0.05) is 41.4 Å². The molecular formula is C13H6Cl2FN. The molecule has 0 bridgehead atoms. The maximum atomic E-state index is 13.8. The lowest BCUT2D eigenvalue weighted by atomic mass is 10.0. The molecule has 0 spiro atoms. The van der Waals surface area contributed by atoms with E-state index >= 15 is 0 Å². The molecule has 0 aliphatic carbocycles. The summed E-state index contributed by atoms with van der Waals surface area (Å²) in [5.74, 6) is -0.492. The van der Waals surface area contributed by atoms with Crippen LogP contribution >= 0.6 is 23.2 Å². The molecule has 2 aromatic carbocycles. The van der Waals surface area contributed by atoms with Crippen molar-refractivity contribution in [1.82, 2.24) is 0 Å². The molecule has 2 rings (SSSR count). The van der Waals surface area contributed by atoms with Crippen LogP contribution in [0.2, 0.25) is 10.0 Å². The third kappa shape index (κ3) is 2.26. The molecule has 0 aliphatic rings. The highest BCUT2D eigenvalue weighted by Gasteiger charge is 2.11. The van der Waals surface area contributed by atoms with Gasteiger partial charge >= 0.3 is 0 Å². The molecule has 0 aliphatic heterocycles. The van der Waals surface area contributed by atoms with Gasteiger partial charge in [-0.3, -0.25) is 0 Å². The molecule has 0 amide bonds. The number of nitriles is 1. The minimum atomic E-state index is -0.492. The van der Waals surface area contributed by atoms with Gasteiger partial charge in [0.25, 0.3) is 0 Å². The van der Waals surface area contributed by atoms with Crippen molar-refractivity contribution in [2.45, 2.75) is 0 Å². The van der Waals surface area contributed by atoms with Gasteiger partial charge in [0.2, 0.25) is 0 Å². The van der Waals surface area contributed by atoms with Crippen LogP contribution in [0.25, 0.3) is 11.1 Å². The zero-order chi connectivity index (χ0) is 12.4. The summed E-state index contributed by atoms with van der Waals surface area (Å²) in [6, 6.07) is 11.1. The maximum absolute atomic E-state index is 13.8. The molecule has 2 aromatic rings. The highest BCUT2D eigenvalue weighted by atomic mass is 35.5. The van der Waals surface area contributed by atoms with E-state index in [0.717, 1.165) is 0 Å². The van der Waals surface area contributed by atoms with Crippen LogP contribution in [0.3, 0.4) is 0 Å². The highest BCUT2D eigenvalue weighted by molar-refractivity contribution is 6.43. The predicted molar refractivity (Wildman–Crippen MR) is 66.6 cm³/mol. The lowest BCUT2D eigenvalue weighted by Gasteiger charge is -2.07. The number of benzene rings is 2. The largest absolute Gasteiger partial charge is 0.206 e. The van der Waals surface area contributed by atoms with Gasteiger partial charge in [0.1, 0.15) is 5.82 Å². The summed E-state index contributed by atoms with van der Waals surface area (Å²) >= 11 is 11.9. The van der Waals surface area contributed by atoms with Crippen LogP contribution in [-0.4, -0.2) is 0 Å². The Bertz CT molecular complexity index is 617. The van der Waals surface area contributed by atoms with Gasteiger partial charge in [-0.2, -0.15) is 5.26 Å². The van der Waals surface area contributed by atoms with E-state index in [2.05, 4.69) is 0 Å². The predicted octanol–water partition coefficient (Wildman–Crippen LogP) is 4.67. The number of halogens is 3. The van der Waals surface area contributed by atoms with Crippen LogP contribution in [-0.2, 0) is 0 Å². The van der Waals surface area contributed by atoms with Crippen LogP contribution in [0, 0.1) is 17.1 Å². The molecule has 84 valence electrons. The lowest BCUT2D eigenvalue weighted by Crippen LogP contribution is -1.87. The van der Waals surface area contributed by atoms with Gasteiger partial charge in [0.15, 0.2) is 0 Å². The monoisotopic (exact) mass is 265 g/mol. The van der Waals surface area contributed by atoms with E-state index in [1.54, 1.807) is 18.2 Å². The molecule has 0 saturated heterocycles. The fourth-order valence-electron chi connectivity index (χ4n) is 1.51. The van der Waals surface area contributed by atoms with E-state index in [4.69, 9.17) is 28.5 Å². The minimum Gasteiger partial charge on any atom is -0.206 e. The molecule has 0 saturated carbocycles. The second kappa shape index (κ2) is 4.75. The van der Waals surface area contributed by atoms with Gasteiger partial charge in [-0.15, -0.1) is 0 Å². The Morgan fingerprint density at radius 2 is 1.82 bits per heavy atom. The van der Waals surface area contributed by atoms with E-state index in [-0.39, 0.29) is 5.56 Å². The normalized spacial score (nSPS) is 10.0. The van der Waals surface area contributed by atoms with Crippen LogP contribution in [0.5, 0.6) is 0 Å². The number of hydrogen-bond donors (Lipinski definition) is 0. The Morgan fingerprint density at radius 3 is 2.47 bits per heavy atom. The maximum Gasteiger partial charge on any atom is 0.132 e. The van der Waals surface area contributed by atoms with Gasteiger partial charge in [0.05, 0.1) is 21.7 Å². The quantitative estimate of drug-likeness (QED) is 0.735. The van der Waals surface area contributed by atoms with Gasteiger partial charge in [-0.05, 0) is 18.2 Å². The van der Waals surface area contributed by atoms with E-state index < -0.39 is 5.82 Å². The van der Waals surface area contributed by atoms with Crippen molar-refractivity contribution in [2.24, 2.45) is 0 Å². The second-order valence-electron chi connectivity index (χ2n) is 3.41. The summed E-state index contributed by atoms with van der Waals surface area (Å²) in [5.41, 5.74) is 1.11. The molecule has 17 heavy (non-hydrogen) atoms. The van der Waals surface area contributed by atoms with E-state index in [1.165, 1.54) is 18.2 Å². The van der Waals surface area contributed by atoms with Gasteiger partial charge in [-0.25, -0.2) is 4.39 Å². The third-order valence-electron chi connectivity index (χ3n) is 2.34. The molecule has 4 heteroatoms. The van der Waals surface area contributed by atoms with Crippen molar-refractivity contribution in [2.75, 3.05) is 0 Å². The Kier molecular flexibility index (Phi) is 3.33. The Labute approximate surface area is 108 Å². The molecule has 0 N–H and O–H groups in total. The average Bonchev–Trinajstić information content (AvgIpc) is 2.33. The topological polar surface area (TPSA) is 23.8 Å². The SMILES string of the molecule is N#Cc1ccc(-c2cccc(Cl)c2Cl)c(F)c1. The summed E-state index contributed by atoms with van der Waals surface area (Å²) in [6.45, 7) is 0. The smallest absolute Gasteiger partial charge is 0.132 e. The molecular weight excluding hydrogens is 260 g/mol. The molecule has 0 atom stereocenters. The first kappa shape index (κ1) is 11.9. The standard InChI is InChI=1S/C13H6Cl2FN/c14-11-3-1-2-10(13(11)15)9-5-4-8(7-17)6-12(9)16/h1-6H. The number of hydrogen-bond acceptors (Lipinski definition) is 1. The lowest BCUT2D eigenvalue weighted by molar-refractivity contribution is 0.631. The molecule has 0 heterocycles. The van der Waals surface area contributed by atoms with Crippen molar-refractivity contribution in [3.63, 3.8) is 0 Å². The first-order valence-electron chi connectivity index (χ1n) is 4.77. The van der Waals surface area contributed by atoms with Gasteiger partial charge in [0, 0.05) is 11.1 Å². The molecule has 0 unspecified atom stereocenters. The summed E-state index contributed by atoms with van der Waals surface area (Å²) in [5, 5.41) is 9.33. The number of nitrogens with zero attached hydrogens (tertiary/aromatic N) is 1. The summed E-state index contributed by atoms with van der Waals surface area (Å²) in [4.78, 5) is 0. The van der Waals surface area contributed by atoms with E-state index in [0.29, 0.717) is 21.2 Å². The van der Waals surface area contributed by atoms with Crippen LogP contribution in [0.4, 0.5) is 4.39 Å². The van der Waals surface area contributed by atoms with Gasteiger partial charge < -0.3 is 0 Å². The highest BCUT2D eigenvalue weighted by Crippen LogP contribution is 2.34. The Hall–Kier alpha value is -1.56. The van der Waals surface area contributed by atoms with Crippen LogP contribution < -0.4 is 0 Å². The van der Waals surface area contributed by atoms with E-state index in [1.807, 2.05) is 6.07 Å². The zero-order valence-corrected chi connectivity index (χ0v) is 10.1.